The van der Waals surface area contributed by atoms with Gasteiger partial charge in [0.05, 0.1) is 12.0 Å². The van der Waals surface area contributed by atoms with E-state index >= 15 is 0 Å². The molecule has 1 amide bonds. The monoisotopic (exact) mass is 239 g/mol. The number of amides is 1. The highest BCUT2D eigenvalue weighted by Crippen LogP contribution is 2.36. The van der Waals surface area contributed by atoms with E-state index in [1.54, 1.807) is 24.9 Å². The normalized spacial score (nSPS) is 19.2. The van der Waals surface area contributed by atoms with Gasteiger partial charge >= 0.3 is 5.97 Å². The van der Waals surface area contributed by atoms with Crippen molar-refractivity contribution in [2.45, 2.75) is 51.0 Å². The molecule has 0 aromatic rings. The van der Waals surface area contributed by atoms with Crippen molar-refractivity contribution in [1.82, 2.24) is 4.90 Å². The quantitative estimate of drug-likeness (QED) is 0.765. The van der Waals surface area contributed by atoms with Gasteiger partial charge in [-0.15, -0.1) is 0 Å². The van der Waals surface area contributed by atoms with E-state index in [0.29, 0.717) is 0 Å². The summed E-state index contributed by atoms with van der Waals surface area (Å²) in [6.07, 6.45) is 7.95. The summed E-state index contributed by atoms with van der Waals surface area (Å²) in [6.45, 7) is 1.79. The molecule has 0 aromatic carbocycles. The zero-order chi connectivity index (χ0) is 12.9. The number of hydrogen-bond acceptors (Lipinski definition) is 2. The molecular formula is C13H21NO3. The summed E-state index contributed by atoms with van der Waals surface area (Å²) < 4.78 is 0. The van der Waals surface area contributed by atoms with Crippen LogP contribution >= 0.6 is 0 Å². The van der Waals surface area contributed by atoms with E-state index in [1.165, 1.54) is 6.08 Å². The molecule has 1 saturated carbocycles. The van der Waals surface area contributed by atoms with Crippen molar-refractivity contribution in [3.05, 3.63) is 12.2 Å². The fraction of sp³-hybridized carbons (Fsp3) is 0.692. The average Bonchev–Trinajstić information content (AvgIpc) is 2.28. The van der Waals surface area contributed by atoms with Crippen LogP contribution in [0.25, 0.3) is 0 Å². The number of nitrogens with zero attached hydrogens (tertiary/aromatic N) is 1. The predicted molar refractivity (Wildman–Crippen MR) is 65.7 cm³/mol. The van der Waals surface area contributed by atoms with Gasteiger partial charge in [0.2, 0.25) is 5.91 Å². The van der Waals surface area contributed by atoms with Crippen molar-refractivity contribution in [1.29, 1.82) is 0 Å². The zero-order valence-corrected chi connectivity index (χ0v) is 10.6. The number of rotatable bonds is 4. The molecule has 0 bridgehead atoms. The Balaban J connectivity index is 2.88. The molecule has 17 heavy (non-hydrogen) atoms. The zero-order valence-electron chi connectivity index (χ0n) is 10.6. The molecule has 1 rings (SSSR count). The fourth-order valence-electron chi connectivity index (χ4n) is 2.61. The minimum atomic E-state index is -0.827. The molecule has 1 aliphatic rings. The van der Waals surface area contributed by atoms with Crippen LogP contribution in [0.15, 0.2) is 12.2 Å². The van der Waals surface area contributed by atoms with Crippen LogP contribution in [0.5, 0.6) is 0 Å². The lowest BCUT2D eigenvalue weighted by molar-refractivity contribution is -0.144. The third kappa shape index (κ3) is 3.32. The molecule has 0 spiro atoms. The van der Waals surface area contributed by atoms with Crippen LogP contribution in [0.3, 0.4) is 0 Å². The second kappa shape index (κ2) is 5.84. The third-order valence-electron chi connectivity index (χ3n) is 3.62. The molecule has 0 aliphatic heterocycles. The van der Waals surface area contributed by atoms with Crippen molar-refractivity contribution in [3.63, 3.8) is 0 Å². The van der Waals surface area contributed by atoms with Crippen LogP contribution in [0, 0.1) is 0 Å². The van der Waals surface area contributed by atoms with Crippen molar-refractivity contribution in [2.75, 3.05) is 7.05 Å². The van der Waals surface area contributed by atoms with Gasteiger partial charge in [-0.3, -0.25) is 9.59 Å². The first-order chi connectivity index (χ1) is 8.02. The van der Waals surface area contributed by atoms with Gasteiger partial charge in [0.1, 0.15) is 0 Å². The average molecular weight is 239 g/mol. The van der Waals surface area contributed by atoms with E-state index in [-0.39, 0.29) is 12.3 Å². The maximum Gasteiger partial charge on any atom is 0.305 e. The van der Waals surface area contributed by atoms with Crippen molar-refractivity contribution < 1.29 is 14.7 Å². The number of likely N-dealkylation sites (N-methyl/N-ethyl adjacent to an activating group) is 1. The Morgan fingerprint density at radius 1 is 1.29 bits per heavy atom. The maximum atomic E-state index is 11.9. The highest BCUT2D eigenvalue weighted by molar-refractivity contribution is 5.88. The Kier molecular flexibility index (Phi) is 4.73. The largest absolute Gasteiger partial charge is 0.481 e. The number of carboxylic acids is 1. The lowest BCUT2D eigenvalue weighted by Gasteiger charge is -2.43. The van der Waals surface area contributed by atoms with Gasteiger partial charge in [0, 0.05) is 7.05 Å². The Labute approximate surface area is 102 Å². The van der Waals surface area contributed by atoms with Crippen LogP contribution in [0.2, 0.25) is 0 Å². The van der Waals surface area contributed by atoms with E-state index in [2.05, 4.69) is 0 Å². The van der Waals surface area contributed by atoms with Crippen molar-refractivity contribution in [2.24, 2.45) is 0 Å². The molecule has 1 aliphatic carbocycles. The predicted octanol–water partition coefficient (Wildman–Crippen LogP) is 2.20. The molecule has 96 valence electrons. The Morgan fingerprint density at radius 3 is 2.35 bits per heavy atom. The molecule has 0 radical (unpaired) electrons. The molecule has 0 saturated heterocycles. The Bertz CT molecular complexity index is 317. The van der Waals surface area contributed by atoms with E-state index < -0.39 is 11.5 Å². The SMILES string of the molecule is CC=CC(=O)N(C)C1(CC(=O)O)CCCCC1. The van der Waals surface area contributed by atoms with Crippen LogP contribution in [-0.2, 0) is 9.59 Å². The van der Waals surface area contributed by atoms with Gasteiger partial charge in [0.15, 0.2) is 0 Å². The minimum absolute atomic E-state index is 0.0484. The van der Waals surface area contributed by atoms with Gasteiger partial charge in [-0.05, 0) is 25.8 Å². The standard InChI is InChI=1S/C13H21NO3/c1-3-7-11(15)14(2)13(10-12(16)17)8-5-4-6-9-13/h3,7H,4-6,8-10H2,1-2H3,(H,16,17). The van der Waals surface area contributed by atoms with Crippen molar-refractivity contribution >= 4 is 11.9 Å². The summed E-state index contributed by atoms with van der Waals surface area (Å²) in [6, 6.07) is 0. The fourth-order valence-corrected chi connectivity index (χ4v) is 2.61. The highest BCUT2D eigenvalue weighted by Gasteiger charge is 2.39. The second-order valence-electron chi connectivity index (χ2n) is 4.75. The molecular weight excluding hydrogens is 218 g/mol. The summed E-state index contributed by atoms with van der Waals surface area (Å²) in [5, 5.41) is 9.04. The second-order valence-corrected chi connectivity index (χ2v) is 4.75. The molecule has 4 nitrogen and oxygen atoms in total. The summed E-state index contributed by atoms with van der Waals surface area (Å²) in [5.74, 6) is -0.928. The van der Waals surface area contributed by atoms with E-state index in [1.807, 2.05) is 0 Å². The summed E-state index contributed by atoms with van der Waals surface area (Å²) in [5.41, 5.74) is -0.485. The minimum Gasteiger partial charge on any atom is -0.481 e. The van der Waals surface area contributed by atoms with Crippen LogP contribution in [0.4, 0.5) is 0 Å². The number of aliphatic carboxylic acids is 1. The third-order valence-corrected chi connectivity index (χ3v) is 3.62. The van der Waals surface area contributed by atoms with Crippen LogP contribution in [-0.4, -0.2) is 34.5 Å². The number of hydrogen-bond donors (Lipinski definition) is 1. The number of carboxylic acid groups (broad SMARTS) is 1. The molecule has 1 N–H and O–H groups in total. The van der Waals surface area contributed by atoms with Gasteiger partial charge < -0.3 is 10.0 Å². The summed E-state index contributed by atoms with van der Waals surface area (Å²) in [7, 11) is 1.72. The Morgan fingerprint density at radius 2 is 1.88 bits per heavy atom. The molecule has 0 aromatic heterocycles. The first-order valence-corrected chi connectivity index (χ1v) is 6.14. The lowest BCUT2D eigenvalue weighted by atomic mass is 9.78. The van der Waals surface area contributed by atoms with Gasteiger partial charge in [-0.1, -0.05) is 25.3 Å². The number of allylic oxidation sites excluding steroid dienone is 1. The smallest absolute Gasteiger partial charge is 0.305 e. The van der Waals surface area contributed by atoms with E-state index in [0.717, 1.165) is 32.1 Å². The number of carbonyl (C=O) groups excluding carboxylic acids is 1. The summed E-state index contributed by atoms with van der Waals surface area (Å²) in [4.78, 5) is 24.5. The topological polar surface area (TPSA) is 57.6 Å². The first kappa shape index (κ1) is 13.7. The van der Waals surface area contributed by atoms with Gasteiger partial charge in [-0.25, -0.2) is 0 Å². The van der Waals surface area contributed by atoms with Crippen molar-refractivity contribution in [3.8, 4) is 0 Å². The first-order valence-electron chi connectivity index (χ1n) is 6.14. The van der Waals surface area contributed by atoms with E-state index in [9.17, 15) is 9.59 Å². The Hall–Kier alpha value is -1.32. The van der Waals surface area contributed by atoms with E-state index in [4.69, 9.17) is 5.11 Å². The molecule has 1 fully saturated rings. The summed E-state index contributed by atoms with van der Waals surface area (Å²) >= 11 is 0. The van der Waals surface area contributed by atoms with Crippen LogP contribution < -0.4 is 0 Å². The highest BCUT2D eigenvalue weighted by atomic mass is 16.4. The van der Waals surface area contributed by atoms with Gasteiger partial charge in [0.25, 0.3) is 0 Å². The molecule has 0 heterocycles. The van der Waals surface area contributed by atoms with Gasteiger partial charge in [-0.2, -0.15) is 0 Å². The molecule has 0 unspecified atom stereocenters. The lowest BCUT2D eigenvalue weighted by Crippen LogP contribution is -2.51. The van der Waals surface area contributed by atoms with Crippen LogP contribution in [0.1, 0.15) is 45.4 Å². The number of carbonyl (C=O) groups is 2. The maximum absolute atomic E-state index is 11.9. The molecule has 0 atom stereocenters. The molecule has 4 heteroatoms.